The molecule has 0 fully saturated rings. The molecule has 0 saturated carbocycles. The quantitative estimate of drug-likeness (QED) is 0.323. The van der Waals surface area contributed by atoms with Gasteiger partial charge in [0.25, 0.3) is 0 Å². The number of rotatable bonds is 4. The van der Waals surface area contributed by atoms with E-state index in [1.165, 1.54) is 34.5 Å². The molecule has 0 saturated heterocycles. The molecule has 0 radical (unpaired) electrons. The van der Waals surface area contributed by atoms with E-state index in [9.17, 15) is 4.79 Å². The average Bonchev–Trinajstić information content (AvgIpc) is 3.25. The monoisotopic (exact) mass is 425 g/mol. The van der Waals surface area contributed by atoms with Crippen LogP contribution in [0.3, 0.4) is 0 Å². The van der Waals surface area contributed by atoms with Crippen molar-refractivity contribution in [3.05, 3.63) is 76.4 Å². The summed E-state index contributed by atoms with van der Waals surface area (Å²) >= 11 is 1.19. The summed E-state index contributed by atoms with van der Waals surface area (Å²) in [5, 5.41) is 18.0. The molecule has 0 aliphatic rings. The summed E-state index contributed by atoms with van der Waals surface area (Å²) in [7, 11) is 0. The molecule has 1 N–H and O–H groups in total. The van der Waals surface area contributed by atoms with Gasteiger partial charge in [0.15, 0.2) is 0 Å². The standard InChI is InChI=1S/C25H19N3O2S/c1-14-10-19(11-15(2)16(14)3)22-9-8-21(23-24(22)28-31-27-23)18-6-4-17(5-7-18)12-20(13-26)25(29)30/h4-12H,1-3H3,(H,29,30)/b20-12+. The molecule has 0 aliphatic heterocycles. The number of fused-ring (bicyclic) bond motifs is 1. The summed E-state index contributed by atoms with van der Waals surface area (Å²) in [5.41, 5.74) is 9.94. The van der Waals surface area contributed by atoms with Crippen LogP contribution in [0.15, 0.2) is 54.1 Å². The van der Waals surface area contributed by atoms with E-state index >= 15 is 0 Å². The van der Waals surface area contributed by atoms with E-state index in [1.54, 1.807) is 18.2 Å². The van der Waals surface area contributed by atoms with E-state index in [1.807, 2.05) is 18.2 Å². The number of aromatic nitrogens is 2. The number of aryl methyl sites for hydroxylation is 2. The first-order valence-electron chi connectivity index (χ1n) is 9.68. The van der Waals surface area contributed by atoms with Crippen molar-refractivity contribution in [1.82, 2.24) is 8.75 Å². The molecule has 1 aromatic heterocycles. The van der Waals surface area contributed by atoms with Gasteiger partial charge in [-0.3, -0.25) is 0 Å². The normalized spacial score (nSPS) is 11.5. The first-order valence-corrected chi connectivity index (χ1v) is 10.4. The maximum atomic E-state index is 11.0. The number of nitriles is 1. The van der Waals surface area contributed by atoms with Crippen molar-refractivity contribution in [3.8, 4) is 28.3 Å². The molecule has 0 bridgehead atoms. The first-order chi connectivity index (χ1) is 14.9. The second-order valence-electron chi connectivity index (χ2n) is 7.45. The molecule has 0 spiro atoms. The van der Waals surface area contributed by atoms with Crippen molar-refractivity contribution < 1.29 is 9.90 Å². The molecule has 6 heteroatoms. The average molecular weight is 426 g/mol. The minimum absolute atomic E-state index is 0.299. The summed E-state index contributed by atoms with van der Waals surface area (Å²) in [4.78, 5) is 11.0. The fourth-order valence-electron chi connectivity index (χ4n) is 3.59. The van der Waals surface area contributed by atoms with E-state index in [4.69, 9.17) is 10.4 Å². The van der Waals surface area contributed by atoms with Gasteiger partial charge in [-0.05, 0) is 60.2 Å². The molecule has 1 heterocycles. The molecule has 5 nitrogen and oxygen atoms in total. The van der Waals surface area contributed by atoms with E-state index in [-0.39, 0.29) is 5.57 Å². The molecular formula is C25H19N3O2S. The molecular weight excluding hydrogens is 406 g/mol. The van der Waals surface area contributed by atoms with Gasteiger partial charge in [0.05, 0.1) is 11.7 Å². The van der Waals surface area contributed by atoms with Crippen molar-refractivity contribution in [2.24, 2.45) is 0 Å². The smallest absolute Gasteiger partial charge is 0.346 e. The number of carboxylic acids is 1. The first kappa shape index (κ1) is 20.5. The number of hydrogen-bond acceptors (Lipinski definition) is 5. The highest BCUT2D eigenvalue weighted by Gasteiger charge is 2.14. The fourth-order valence-corrected chi connectivity index (χ4v) is 4.16. The summed E-state index contributed by atoms with van der Waals surface area (Å²) in [6.45, 7) is 6.37. The second kappa shape index (κ2) is 8.13. The Kier molecular flexibility index (Phi) is 5.37. The molecule has 0 unspecified atom stereocenters. The highest BCUT2D eigenvalue weighted by atomic mass is 32.1. The van der Waals surface area contributed by atoms with Crippen LogP contribution in [-0.2, 0) is 4.79 Å². The van der Waals surface area contributed by atoms with Gasteiger partial charge in [-0.15, -0.1) is 0 Å². The van der Waals surface area contributed by atoms with E-state index in [0.29, 0.717) is 5.56 Å². The van der Waals surface area contributed by atoms with Gasteiger partial charge in [0.2, 0.25) is 0 Å². The van der Waals surface area contributed by atoms with Crippen LogP contribution in [0.5, 0.6) is 0 Å². The third kappa shape index (κ3) is 3.83. The number of nitrogens with zero attached hydrogens (tertiary/aromatic N) is 3. The summed E-state index contributed by atoms with van der Waals surface area (Å²) < 4.78 is 9.12. The molecule has 4 aromatic rings. The Morgan fingerprint density at radius 3 is 2.00 bits per heavy atom. The van der Waals surface area contributed by atoms with Crippen molar-refractivity contribution in [2.75, 3.05) is 0 Å². The highest BCUT2D eigenvalue weighted by molar-refractivity contribution is 7.00. The topological polar surface area (TPSA) is 86.9 Å². The number of benzene rings is 3. The van der Waals surface area contributed by atoms with Gasteiger partial charge < -0.3 is 5.11 Å². The van der Waals surface area contributed by atoms with Crippen molar-refractivity contribution in [3.63, 3.8) is 0 Å². The van der Waals surface area contributed by atoms with E-state index in [2.05, 4.69) is 47.7 Å². The second-order valence-corrected chi connectivity index (χ2v) is 7.98. The van der Waals surface area contributed by atoms with E-state index in [0.717, 1.165) is 33.3 Å². The fraction of sp³-hybridized carbons (Fsp3) is 0.120. The van der Waals surface area contributed by atoms with Gasteiger partial charge in [-0.2, -0.15) is 14.0 Å². The Morgan fingerprint density at radius 1 is 0.935 bits per heavy atom. The third-order valence-corrected chi connectivity index (χ3v) is 6.07. The molecule has 0 atom stereocenters. The number of carbonyl (C=O) groups is 1. The van der Waals surface area contributed by atoms with Crippen molar-refractivity contribution >= 4 is 34.8 Å². The molecule has 152 valence electrons. The minimum atomic E-state index is -1.24. The van der Waals surface area contributed by atoms with Crippen LogP contribution in [-0.4, -0.2) is 19.8 Å². The zero-order valence-corrected chi connectivity index (χ0v) is 18.1. The number of hydrogen-bond donors (Lipinski definition) is 1. The van der Waals surface area contributed by atoms with Crippen LogP contribution < -0.4 is 0 Å². The number of aliphatic carboxylic acids is 1. The lowest BCUT2D eigenvalue weighted by atomic mass is 9.93. The van der Waals surface area contributed by atoms with Gasteiger partial charge >= 0.3 is 5.97 Å². The minimum Gasteiger partial charge on any atom is -0.477 e. The van der Waals surface area contributed by atoms with Crippen molar-refractivity contribution in [2.45, 2.75) is 20.8 Å². The Balaban J connectivity index is 1.78. The lowest BCUT2D eigenvalue weighted by Crippen LogP contribution is -1.97. The maximum absolute atomic E-state index is 11.0. The maximum Gasteiger partial charge on any atom is 0.346 e. The van der Waals surface area contributed by atoms with Crippen LogP contribution >= 0.6 is 11.7 Å². The Hall–Kier alpha value is -3.82. The predicted molar refractivity (Wildman–Crippen MR) is 124 cm³/mol. The van der Waals surface area contributed by atoms with Crippen molar-refractivity contribution in [1.29, 1.82) is 5.26 Å². The largest absolute Gasteiger partial charge is 0.477 e. The molecule has 3 aromatic carbocycles. The van der Waals surface area contributed by atoms with Gasteiger partial charge in [-0.1, -0.05) is 48.5 Å². The highest BCUT2D eigenvalue weighted by Crippen LogP contribution is 2.35. The SMILES string of the molecule is Cc1cc(-c2ccc(-c3ccc(/C=C(\C#N)C(=O)O)cc3)c3nsnc23)cc(C)c1C. The van der Waals surface area contributed by atoms with Crippen LogP contribution in [0.25, 0.3) is 39.4 Å². The number of carboxylic acid groups (broad SMARTS) is 1. The lowest BCUT2D eigenvalue weighted by molar-refractivity contribution is -0.132. The van der Waals surface area contributed by atoms with Crippen LogP contribution in [0.2, 0.25) is 0 Å². The van der Waals surface area contributed by atoms with Gasteiger partial charge in [-0.25, -0.2) is 4.79 Å². The zero-order valence-electron chi connectivity index (χ0n) is 17.3. The Morgan fingerprint density at radius 2 is 1.48 bits per heavy atom. The van der Waals surface area contributed by atoms with E-state index < -0.39 is 5.97 Å². The molecule has 0 aliphatic carbocycles. The van der Waals surface area contributed by atoms with Crippen LogP contribution in [0, 0.1) is 32.1 Å². The molecule has 0 amide bonds. The Labute approximate surface area is 184 Å². The predicted octanol–water partition coefficient (Wildman–Crippen LogP) is 5.94. The van der Waals surface area contributed by atoms with Crippen LogP contribution in [0.4, 0.5) is 0 Å². The summed E-state index contributed by atoms with van der Waals surface area (Å²) in [6.07, 6.45) is 1.36. The third-order valence-electron chi connectivity index (χ3n) is 5.54. The Bertz CT molecular complexity index is 1370. The summed E-state index contributed by atoms with van der Waals surface area (Å²) in [6, 6.07) is 17.6. The molecule has 4 rings (SSSR count). The lowest BCUT2D eigenvalue weighted by Gasteiger charge is -2.11. The van der Waals surface area contributed by atoms with Gasteiger partial charge in [0, 0.05) is 11.1 Å². The summed E-state index contributed by atoms with van der Waals surface area (Å²) in [5.74, 6) is -1.24. The zero-order chi connectivity index (χ0) is 22.1. The van der Waals surface area contributed by atoms with Crippen LogP contribution in [0.1, 0.15) is 22.3 Å². The van der Waals surface area contributed by atoms with Gasteiger partial charge in [0.1, 0.15) is 22.7 Å². The molecule has 31 heavy (non-hydrogen) atoms.